The smallest absolute Gasteiger partial charge is 0.416 e. The molecule has 1 heterocycles. The summed E-state index contributed by atoms with van der Waals surface area (Å²) < 4.78 is 45.9. The standard InChI is InChI=1S/C33H30F3N3O6/c1-4-23(27(17-21(2)3)33(34,35)36)18-29(40)38-25-12-10-24(11-13-25)31(43)39(20-30(41)42)19-22-8-14-26(15-9-22)45-32(44)28-7-5-6-16-37-28/h4-17H,1,18-20H2,2-3H3,(H,38,40)(H,41,42)/b27-23-. The Bertz CT molecular complexity index is 1610. The Morgan fingerprint density at radius 3 is 2.20 bits per heavy atom. The number of rotatable bonds is 12. The highest BCUT2D eigenvalue weighted by atomic mass is 19.4. The van der Waals surface area contributed by atoms with E-state index in [2.05, 4.69) is 16.9 Å². The third-order valence-electron chi connectivity index (χ3n) is 6.09. The Morgan fingerprint density at radius 2 is 1.67 bits per heavy atom. The first kappa shape index (κ1) is 34.0. The van der Waals surface area contributed by atoms with E-state index in [4.69, 9.17) is 4.74 Å². The van der Waals surface area contributed by atoms with Gasteiger partial charge in [0.05, 0.1) is 12.0 Å². The fourth-order valence-corrected chi connectivity index (χ4v) is 4.07. The first-order chi connectivity index (χ1) is 21.3. The van der Waals surface area contributed by atoms with Crippen LogP contribution < -0.4 is 10.1 Å². The van der Waals surface area contributed by atoms with E-state index in [1.54, 1.807) is 24.3 Å². The number of carboxylic acids is 1. The highest BCUT2D eigenvalue weighted by Crippen LogP contribution is 2.32. The van der Waals surface area contributed by atoms with Crippen molar-refractivity contribution in [3.05, 3.63) is 125 Å². The maximum absolute atomic E-state index is 13.5. The first-order valence-electron chi connectivity index (χ1n) is 13.5. The largest absolute Gasteiger partial charge is 0.480 e. The van der Waals surface area contributed by atoms with E-state index in [0.29, 0.717) is 11.1 Å². The van der Waals surface area contributed by atoms with Crippen LogP contribution in [-0.4, -0.2) is 51.5 Å². The molecular formula is C33H30F3N3O6. The second-order valence-corrected chi connectivity index (χ2v) is 9.97. The number of halogens is 3. The van der Waals surface area contributed by atoms with Gasteiger partial charge in [-0.3, -0.25) is 14.4 Å². The highest BCUT2D eigenvalue weighted by molar-refractivity contribution is 5.97. The van der Waals surface area contributed by atoms with Crippen LogP contribution in [0.4, 0.5) is 18.9 Å². The van der Waals surface area contributed by atoms with Gasteiger partial charge in [-0.2, -0.15) is 13.2 Å². The van der Waals surface area contributed by atoms with Crippen LogP contribution in [0.3, 0.4) is 0 Å². The molecule has 2 amide bonds. The molecule has 234 valence electrons. The van der Waals surface area contributed by atoms with Gasteiger partial charge in [-0.1, -0.05) is 42.5 Å². The molecule has 0 fully saturated rings. The maximum Gasteiger partial charge on any atom is 0.416 e. The number of alkyl halides is 3. The van der Waals surface area contributed by atoms with Crippen LogP contribution in [0.5, 0.6) is 5.75 Å². The normalized spacial score (nSPS) is 11.5. The molecule has 1 aromatic heterocycles. The number of aromatic nitrogens is 1. The Balaban J connectivity index is 1.69. The van der Waals surface area contributed by atoms with Crippen LogP contribution in [0.2, 0.25) is 0 Å². The number of anilines is 1. The summed E-state index contributed by atoms with van der Waals surface area (Å²) in [5.41, 5.74) is 0.158. The number of hydrogen-bond acceptors (Lipinski definition) is 6. The fourth-order valence-electron chi connectivity index (χ4n) is 4.07. The predicted octanol–water partition coefficient (Wildman–Crippen LogP) is 6.37. The number of amides is 2. The van der Waals surface area contributed by atoms with Crippen LogP contribution in [0, 0.1) is 0 Å². The van der Waals surface area contributed by atoms with Gasteiger partial charge in [0.1, 0.15) is 18.0 Å². The average Bonchev–Trinajstić information content (AvgIpc) is 2.99. The molecule has 0 aliphatic rings. The molecule has 0 aliphatic heterocycles. The second kappa shape index (κ2) is 15.3. The quantitative estimate of drug-likeness (QED) is 0.137. The summed E-state index contributed by atoms with van der Waals surface area (Å²) in [7, 11) is 0. The third kappa shape index (κ3) is 10.3. The van der Waals surface area contributed by atoms with E-state index in [0.717, 1.165) is 17.1 Å². The number of allylic oxidation sites excluding steroid dienone is 4. The molecule has 0 unspecified atom stereocenters. The zero-order valence-corrected chi connectivity index (χ0v) is 24.4. The zero-order chi connectivity index (χ0) is 33.1. The molecule has 0 spiro atoms. The number of nitrogens with zero attached hydrogens (tertiary/aromatic N) is 2. The Morgan fingerprint density at radius 1 is 1.00 bits per heavy atom. The fraction of sp³-hybridized carbons (Fsp3) is 0.182. The predicted molar refractivity (Wildman–Crippen MR) is 160 cm³/mol. The van der Waals surface area contributed by atoms with Crippen molar-refractivity contribution in [2.75, 3.05) is 11.9 Å². The summed E-state index contributed by atoms with van der Waals surface area (Å²) >= 11 is 0. The van der Waals surface area contributed by atoms with Crippen molar-refractivity contribution in [2.24, 2.45) is 0 Å². The summed E-state index contributed by atoms with van der Waals surface area (Å²) in [5.74, 6) is -3.02. The van der Waals surface area contributed by atoms with Crippen molar-refractivity contribution in [1.29, 1.82) is 0 Å². The minimum absolute atomic E-state index is 0.0814. The van der Waals surface area contributed by atoms with Gasteiger partial charge in [-0.05, 0) is 73.5 Å². The summed E-state index contributed by atoms with van der Waals surface area (Å²) in [6, 6.07) is 16.5. The lowest BCUT2D eigenvalue weighted by Gasteiger charge is -2.21. The number of ether oxygens (including phenoxy) is 1. The monoisotopic (exact) mass is 621 g/mol. The van der Waals surface area contributed by atoms with E-state index in [1.807, 2.05) is 0 Å². The van der Waals surface area contributed by atoms with Crippen LogP contribution in [0.1, 0.15) is 46.7 Å². The molecule has 0 saturated heterocycles. The molecule has 12 heteroatoms. The van der Waals surface area contributed by atoms with Crippen molar-refractivity contribution >= 4 is 29.4 Å². The Hall–Kier alpha value is -5.52. The minimum atomic E-state index is -4.68. The molecule has 9 nitrogen and oxygen atoms in total. The van der Waals surface area contributed by atoms with Crippen LogP contribution in [-0.2, 0) is 16.1 Å². The van der Waals surface area contributed by atoms with E-state index >= 15 is 0 Å². The third-order valence-corrected chi connectivity index (χ3v) is 6.09. The summed E-state index contributed by atoms with van der Waals surface area (Å²) in [5, 5.41) is 11.9. The summed E-state index contributed by atoms with van der Waals surface area (Å²) in [6.45, 7) is 5.73. The molecule has 45 heavy (non-hydrogen) atoms. The molecule has 0 bridgehead atoms. The lowest BCUT2D eigenvalue weighted by Crippen LogP contribution is -2.35. The molecule has 0 radical (unpaired) electrons. The Labute approximate surface area is 257 Å². The van der Waals surface area contributed by atoms with Crippen molar-refractivity contribution in [2.45, 2.75) is 33.0 Å². The van der Waals surface area contributed by atoms with E-state index in [-0.39, 0.29) is 34.8 Å². The number of benzene rings is 2. The number of pyridine rings is 1. The SMILES string of the molecule is C=C/C(CC(=O)Nc1ccc(C(=O)N(CC(=O)O)Cc2ccc(OC(=O)c3ccccn3)cc2)cc1)=C(\C=C(C)C)C(F)(F)F. The molecular weight excluding hydrogens is 591 g/mol. The summed E-state index contributed by atoms with van der Waals surface area (Å²) in [4.78, 5) is 54.5. The molecule has 3 rings (SSSR count). The maximum atomic E-state index is 13.5. The molecule has 3 aromatic rings. The zero-order valence-electron chi connectivity index (χ0n) is 24.4. The van der Waals surface area contributed by atoms with Crippen molar-refractivity contribution in [3.8, 4) is 5.75 Å². The van der Waals surface area contributed by atoms with Gasteiger partial charge in [-0.25, -0.2) is 9.78 Å². The number of hydrogen-bond donors (Lipinski definition) is 2. The van der Waals surface area contributed by atoms with Crippen molar-refractivity contribution in [3.63, 3.8) is 0 Å². The van der Waals surface area contributed by atoms with E-state index in [9.17, 15) is 37.5 Å². The number of aliphatic carboxylic acids is 1. The van der Waals surface area contributed by atoms with E-state index in [1.165, 1.54) is 62.5 Å². The van der Waals surface area contributed by atoms with E-state index < -0.39 is 48.5 Å². The minimum Gasteiger partial charge on any atom is -0.480 e. The number of carboxylic acid groups (broad SMARTS) is 1. The van der Waals surface area contributed by atoms with Gasteiger partial charge < -0.3 is 20.1 Å². The topological polar surface area (TPSA) is 126 Å². The van der Waals surface area contributed by atoms with Crippen molar-refractivity contribution in [1.82, 2.24) is 9.88 Å². The molecule has 2 N–H and O–H groups in total. The molecule has 0 atom stereocenters. The van der Waals surface area contributed by atoms with Gasteiger partial charge in [0.25, 0.3) is 5.91 Å². The van der Waals surface area contributed by atoms with Gasteiger partial charge in [0.15, 0.2) is 0 Å². The lowest BCUT2D eigenvalue weighted by atomic mass is 10.0. The summed E-state index contributed by atoms with van der Waals surface area (Å²) in [6.07, 6.45) is -1.88. The molecule has 0 aliphatic carbocycles. The van der Waals surface area contributed by atoms with Crippen LogP contribution in [0.15, 0.2) is 108 Å². The van der Waals surface area contributed by atoms with Crippen molar-refractivity contribution < 1.29 is 42.2 Å². The Kier molecular flexibility index (Phi) is 11.5. The average molecular weight is 622 g/mol. The number of carbonyl (C=O) groups is 4. The lowest BCUT2D eigenvalue weighted by molar-refractivity contribution is -0.137. The van der Waals surface area contributed by atoms with Gasteiger partial charge >= 0.3 is 18.1 Å². The van der Waals surface area contributed by atoms with Gasteiger partial charge in [0.2, 0.25) is 5.91 Å². The van der Waals surface area contributed by atoms with Crippen LogP contribution >= 0.6 is 0 Å². The second-order valence-electron chi connectivity index (χ2n) is 9.97. The first-order valence-corrected chi connectivity index (χ1v) is 13.5. The highest BCUT2D eigenvalue weighted by Gasteiger charge is 2.34. The van der Waals surface area contributed by atoms with Gasteiger partial charge in [0, 0.05) is 24.0 Å². The van der Waals surface area contributed by atoms with Crippen LogP contribution in [0.25, 0.3) is 0 Å². The number of nitrogens with one attached hydrogen (secondary N) is 1. The molecule has 0 saturated carbocycles. The number of carbonyl (C=O) groups excluding carboxylic acids is 3. The number of esters is 1. The molecule has 2 aromatic carbocycles. The van der Waals surface area contributed by atoms with Gasteiger partial charge in [-0.15, -0.1) is 0 Å².